The van der Waals surface area contributed by atoms with Gasteiger partial charge in [0.2, 0.25) is 11.5 Å². The number of hydrogen-bond donors (Lipinski definition) is 1. The van der Waals surface area contributed by atoms with Crippen molar-refractivity contribution in [3.8, 4) is 0 Å². The van der Waals surface area contributed by atoms with Crippen LogP contribution in [0.1, 0.15) is 0 Å². The fourth-order valence-electron chi connectivity index (χ4n) is 3.86. The molecular formula is C18H17N7O4. The van der Waals surface area contributed by atoms with Crippen molar-refractivity contribution >= 4 is 45.1 Å². The molecule has 11 heteroatoms. The molecule has 0 aliphatic carbocycles. The number of aliphatic hydroxyl groups is 1. The number of anilines is 3. The lowest BCUT2D eigenvalue weighted by molar-refractivity contribution is -0.382. The number of rotatable bonds is 5. The van der Waals surface area contributed by atoms with Crippen molar-refractivity contribution in [1.82, 2.24) is 19.9 Å². The standard InChI is InChI=1S/C18H17N7O4/c1-22(8-9-26)14-10-13(15-16(21-29-20-15)17(14)25(27)28)24-7-6-23-12-5-3-2-4-11(12)19-18(23)24/h2-5,10,26H,6-9H2,1H3. The molecule has 1 aliphatic heterocycles. The first kappa shape index (κ1) is 17.4. The van der Waals surface area contributed by atoms with Gasteiger partial charge in [-0.1, -0.05) is 12.1 Å². The minimum absolute atomic E-state index is 0.0712. The molecule has 2 aromatic carbocycles. The van der Waals surface area contributed by atoms with E-state index >= 15 is 0 Å². The molecule has 1 N–H and O–H groups in total. The summed E-state index contributed by atoms with van der Waals surface area (Å²) in [6, 6.07) is 9.55. The zero-order chi connectivity index (χ0) is 20.1. The van der Waals surface area contributed by atoms with E-state index in [0.29, 0.717) is 23.4 Å². The fourth-order valence-corrected chi connectivity index (χ4v) is 3.86. The molecular weight excluding hydrogens is 378 g/mol. The Hall–Kier alpha value is -3.73. The number of nitrogens with zero attached hydrogens (tertiary/aromatic N) is 7. The largest absolute Gasteiger partial charge is 0.395 e. The van der Waals surface area contributed by atoms with Crippen molar-refractivity contribution in [3.05, 3.63) is 40.4 Å². The van der Waals surface area contributed by atoms with Gasteiger partial charge in [-0.2, -0.15) is 0 Å². The van der Waals surface area contributed by atoms with Crippen LogP contribution in [0.15, 0.2) is 35.0 Å². The zero-order valence-corrected chi connectivity index (χ0v) is 15.5. The van der Waals surface area contributed by atoms with Gasteiger partial charge >= 0.3 is 5.69 Å². The molecule has 0 fully saturated rings. The molecule has 0 radical (unpaired) electrons. The van der Waals surface area contributed by atoms with Gasteiger partial charge in [-0.3, -0.25) is 10.1 Å². The van der Waals surface area contributed by atoms with E-state index in [2.05, 4.69) is 14.9 Å². The van der Waals surface area contributed by atoms with Crippen LogP contribution >= 0.6 is 0 Å². The second-order valence-corrected chi connectivity index (χ2v) is 6.83. The average Bonchev–Trinajstić information content (AvgIpc) is 3.41. The normalized spacial score (nSPS) is 13.4. The average molecular weight is 395 g/mol. The summed E-state index contributed by atoms with van der Waals surface area (Å²) in [6.07, 6.45) is 0. The summed E-state index contributed by atoms with van der Waals surface area (Å²) in [6.45, 7) is 1.45. The number of nitro groups is 1. The van der Waals surface area contributed by atoms with E-state index in [1.807, 2.05) is 29.2 Å². The Morgan fingerprint density at radius 2 is 2.07 bits per heavy atom. The molecule has 1 aliphatic rings. The van der Waals surface area contributed by atoms with Crippen molar-refractivity contribution in [3.63, 3.8) is 0 Å². The predicted octanol–water partition coefficient (Wildman–Crippen LogP) is 2.06. The van der Waals surface area contributed by atoms with Crippen LogP contribution in [-0.2, 0) is 6.54 Å². The minimum atomic E-state index is -0.501. The van der Waals surface area contributed by atoms with Gasteiger partial charge in [0.15, 0.2) is 5.52 Å². The summed E-state index contributed by atoms with van der Waals surface area (Å²) in [5.74, 6) is 0.736. The van der Waals surface area contributed by atoms with Crippen LogP contribution in [0, 0.1) is 10.1 Å². The highest BCUT2D eigenvalue weighted by molar-refractivity contribution is 6.01. The Bertz CT molecular complexity index is 1250. The number of nitro benzene ring substituents is 1. The summed E-state index contributed by atoms with van der Waals surface area (Å²) < 4.78 is 6.98. The zero-order valence-electron chi connectivity index (χ0n) is 15.5. The number of para-hydroxylation sites is 2. The van der Waals surface area contributed by atoms with E-state index < -0.39 is 4.92 Å². The number of benzene rings is 2. The summed E-state index contributed by atoms with van der Waals surface area (Å²) >= 11 is 0. The molecule has 2 aromatic heterocycles. The Balaban J connectivity index is 1.74. The van der Waals surface area contributed by atoms with Crippen LogP contribution in [0.5, 0.6) is 0 Å². The van der Waals surface area contributed by atoms with E-state index in [0.717, 1.165) is 23.5 Å². The van der Waals surface area contributed by atoms with Crippen LogP contribution in [0.2, 0.25) is 0 Å². The lowest BCUT2D eigenvalue weighted by Gasteiger charge is -2.22. The van der Waals surface area contributed by atoms with Crippen LogP contribution in [0.3, 0.4) is 0 Å². The third-order valence-electron chi connectivity index (χ3n) is 5.21. The SMILES string of the molecule is CN(CCO)c1cc(N2CCn3c2nc2ccccc23)c2nonc2c1[N+](=O)[O-]. The van der Waals surface area contributed by atoms with E-state index in [-0.39, 0.29) is 24.4 Å². The van der Waals surface area contributed by atoms with Gasteiger partial charge in [-0.25, -0.2) is 9.61 Å². The number of likely N-dealkylation sites (N-methyl/N-ethyl adjacent to an activating group) is 1. The minimum Gasteiger partial charge on any atom is -0.395 e. The lowest BCUT2D eigenvalue weighted by atomic mass is 10.1. The maximum atomic E-state index is 11.8. The predicted molar refractivity (Wildman–Crippen MR) is 106 cm³/mol. The first-order valence-electron chi connectivity index (χ1n) is 9.08. The molecule has 0 atom stereocenters. The summed E-state index contributed by atoms with van der Waals surface area (Å²) in [4.78, 5) is 19.6. The summed E-state index contributed by atoms with van der Waals surface area (Å²) in [7, 11) is 1.68. The number of hydrogen-bond acceptors (Lipinski definition) is 9. The molecule has 11 nitrogen and oxygen atoms in total. The summed E-state index contributed by atoms with van der Waals surface area (Å²) in [5, 5.41) is 28.8. The number of fused-ring (bicyclic) bond motifs is 4. The smallest absolute Gasteiger partial charge is 0.323 e. The van der Waals surface area contributed by atoms with Gasteiger partial charge < -0.3 is 19.5 Å². The van der Waals surface area contributed by atoms with Crippen molar-refractivity contribution in [2.75, 3.05) is 36.5 Å². The molecule has 0 unspecified atom stereocenters. The number of imidazole rings is 1. The van der Waals surface area contributed by atoms with Crippen LogP contribution in [-0.4, -0.2) is 56.6 Å². The van der Waals surface area contributed by atoms with Crippen LogP contribution in [0.4, 0.5) is 23.0 Å². The number of aliphatic hydroxyl groups excluding tert-OH is 1. The van der Waals surface area contributed by atoms with Crippen LogP contribution < -0.4 is 9.80 Å². The molecule has 0 spiro atoms. The van der Waals surface area contributed by atoms with Gasteiger partial charge in [0.25, 0.3) is 0 Å². The topological polar surface area (TPSA) is 127 Å². The first-order valence-corrected chi connectivity index (χ1v) is 9.08. The number of aromatic nitrogens is 4. The van der Waals surface area contributed by atoms with Gasteiger partial charge in [0, 0.05) is 26.7 Å². The fraction of sp³-hybridized carbons (Fsp3) is 0.278. The maximum Gasteiger partial charge on any atom is 0.323 e. The summed E-state index contributed by atoms with van der Waals surface area (Å²) in [5.41, 5.74) is 3.03. The van der Waals surface area contributed by atoms with E-state index in [1.165, 1.54) is 0 Å². The Morgan fingerprint density at radius 3 is 2.86 bits per heavy atom. The first-order chi connectivity index (χ1) is 14.1. The van der Waals surface area contributed by atoms with Gasteiger partial charge in [0.05, 0.1) is 28.3 Å². The molecule has 0 saturated heterocycles. The Morgan fingerprint density at radius 1 is 1.28 bits per heavy atom. The quantitative estimate of drug-likeness (QED) is 0.399. The molecule has 29 heavy (non-hydrogen) atoms. The molecule has 0 saturated carbocycles. The highest BCUT2D eigenvalue weighted by Crippen LogP contribution is 2.43. The Labute approximate surface area is 163 Å². The van der Waals surface area contributed by atoms with Crippen molar-refractivity contribution in [1.29, 1.82) is 0 Å². The third-order valence-corrected chi connectivity index (χ3v) is 5.21. The van der Waals surface area contributed by atoms with E-state index in [4.69, 9.17) is 9.61 Å². The molecule has 0 amide bonds. The highest BCUT2D eigenvalue weighted by atomic mass is 16.6. The van der Waals surface area contributed by atoms with Gasteiger partial charge in [-0.05, 0) is 28.5 Å². The monoisotopic (exact) mass is 395 g/mol. The third kappa shape index (κ3) is 2.51. The second kappa shape index (κ2) is 6.41. The van der Waals surface area contributed by atoms with Gasteiger partial charge in [-0.15, -0.1) is 0 Å². The second-order valence-electron chi connectivity index (χ2n) is 6.83. The molecule has 5 rings (SSSR count). The van der Waals surface area contributed by atoms with Crippen molar-refractivity contribution < 1.29 is 14.7 Å². The molecule has 3 heterocycles. The molecule has 148 valence electrons. The molecule has 0 bridgehead atoms. The van der Waals surface area contributed by atoms with Crippen LogP contribution in [0.25, 0.3) is 22.1 Å². The Kier molecular flexibility index (Phi) is 3.84. The highest BCUT2D eigenvalue weighted by Gasteiger charge is 2.33. The van der Waals surface area contributed by atoms with Crippen molar-refractivity contribution in [2.45, 2.75) is 6.54 Å². The van der Waals surface area contributed by atoms with Gasteiger partial charge in [0.1, 0.15) is 5.69 Å². The maximum absolute atomic E-state index is 11.8. The van der Waals surface area contributed by atoms with E-state index in [1.54, 1.807) is 18.0 Å². The van der Waals surface area contributed by atoms with Crippen molar-refractivity contribution in [2.24, 2.45) is 0 Å². The van der Waals surface area contributed by atoms with E-state index in [9.17, 15) is 15.2 Å². The lowest BCUT2D eigenvalue weighted by Crippen LogP contribution is -2.23. The molecule has 4 aromatic rings.